The molecule has 0 spiro atoms. The summed E-state index contributed by atoms with van der Waals surface area (Å²) in [5.41, 5.74) is -1.29. The summed E-state index contributed by atoms with van der Waals surface area (Å²) < 4.78 is 0. The summed E-state index contributed by atoms with van der Waals surface area (Å²) >= 11 is 0. The van der Waals surface area contributed by atoms with Gasteiger partial charge in [0.1, 0.15) is 0 Å². The average molecular weight is 259 g/mol. The van der Waals surface area contributed by atoms with Gasteiger partial charge in [-0.05, 0) is 0 Å². The third-order valence-corrected chi connectivity index (χ3v) is 1.50. The minimum atomic E-state index is -2.77. The van der Waals surface area contributed by atoms with Crippen LogP contribution in [0.3, 0.4) is 0 Å². The molecule has 9 nitrogen and oxygen atoms in total. The molecule has 92 valence electrons. The van der Waals surface area contributed by atoms with E-state index in [1.54, 1.807) is 0 Å². The number of aliphatic carboxylic acids is 2. The molecular formula is C7H10NNaO8. The van der Waals surface area contributed by atoms with Crippen molar-refractivity contribution >= 4 is 24.3 Å². The van der Waals surface area contributed by atoms with Crippen LogP contribution in [-0.4, -0.2) is 45.2 Å². The Balaban J connectivity index is -0.00000112. The van der Waals surface area contributed by atoms with Gasteiger partial charge in [0.15, 0.2) is 5.60 Å². The number of rotatable bonds is 7. The molecular weight excluding hydrogens is 249 g/mol. The summed E-state index contributed by atoms with van der Waals surface area (Å²) in [7, 11) is 0. The van der Waals surface area contributed by atoms with Crippen LogP contribution in [-0.2, 0) is 24.0 Å². The smallest absolute Gasteiger partial charge is 1.00 e. The van der Waals surface area contributed by atoms with E-state index in [4.69, 9.17) is 10.2 Å². The standard InChI is InChI=1S/C7H9NO8.Na.H/c9-3-8-16-5(12)2-7(15,6(13)14)1-4(10)11;;/h3,15H,1-2H2,(H,8,9)(H,10,11)(H,13,14);;/q;+1;-1. The van der Waals surface area contributed by atoms with Gasteiger partial charge in [-0.1, -0.05) is 0 Å². The second-order valence-corrected chi connectivity index (χ2v) is 2.79. The second-order valence-electron chi connectivity index (χ2n) is 2.79. The Morgan fingerprint density at radius 1 is 1.29 bits per heavy atom. The van der Waals surface area contributed by atoms with Gasteiger partial charge in [-0.25, -0.2) is 9.59 Å². The summed E-state index contributed by atoms with van der Waals surface area (Å²) in [5, 5.41) is 26.2. The van der Waals surface area contributed by atoms with Crippen molar-refractivity contribution in [2.45, 2.75) is 18.4 Å². The van der Waals surface area contributed by atoms with E-state index in [-0.39, 0.29) is 37.4 Å². The van der Waals surface area contributed by atoms with Crippen molar-refractivity contribution in [1.82, 2.24) is 5.48 Å². The zero-order chi connectivity index (χ0) is 12.8. The number of amides is 1. The Morgan fingerprint density at radius 3 is 2.18 bits per heavy atom. The van der Waals surface area contributed by atoms with Gasteiger partial charge in [0.05, 0.1) is 12.8 Å². The molecule has 1 unspecified atom stereocenters. The number of hydrogen-bond donors (Lipinski definition) is 4. The van der Waals surface area contributed by atoms with E-state index in [1.807, 2.05) is 0 Å². The molecule has 0 rings (SSSR count). The van der Waals surface area contributed by atoms with Gasteiger partial charge in [-0.2, -0.15) is 5.48 Å². The molecule has 10 heteroatoms. The van der Waals surface area contributed by atoms with Crippen LogP contribution in [0.15, 0.2) is 0 Å². The summed E-state index contributed by atoms with van der Waals surface area (Å²) in [6.07, 6.45) is -2.26. The predicted molar refractivity (Wildman–Crippen MR) is 45.9 cm³/mol. The SMILES string of the molecule is O=CNOC(=O)CC(O)(CC(=O)O)C(=O)O.[H-].[Na+]. The molecule has 0 aromatic carbocycles. The van der Waals surface area contributed by atoms with Gasteiger partial charge in [0.25, 0.3) is 0 Å². The molecule has 0 aliphatic heterocycles. The van der Waals surface area contributed by atoms with Crippen molar-refractivity contribution in [2.75, 3.05) is 0 Å². The van der Waals surface area contributed by atoms with E-state index in [1.165, 1.54) is 5.48 Å². The Kier molecular flexibility index (Phi) is 8.58. The number of carboxylic acids is 2. The van der Waals surface area contributed by atoms with Crippen molar-refractivity contribution in [3.8, 4) is 0 Å². The largest absolute Gasteiger partial charge is 1.00 e. The van der Waals surface area contributed by atoms with E-state index in [9.17, 15) is 24.3 Å². The van der Waals surface area contributed by atoms with Crippen LogP contribution in [0.5, 0.6) is 0 Å². The third kappa shape index (κ3) is 6.89. The molecule has 0 heterocycles. The van der Waals surface area contributed by atoms with E-state index >= 15 is 0 Å². The Hall–Kier alpha value is -1.16. The monoisotopic (exact) mass is 259 g/mol. The Bertz CT molecular complexity index is 325. The molecule has 0 fully saturated rings. The minimum Gasteiger partial charge on any atom is -1.00 e. The molecule has 0 radical (unpaired) electrons. The zero-order valence-corrected chi connectivity index (χ0v) is 10.9. The van der Waals surface area contributed by atoms with Crippen molar-refractivity contribution < 1.29 is 70.3 Å². The van der Waals surface area contributed by atoms with Gasteiger partial charge in [-0.15, -0.1) is 0 Å². The number of hydrogen-bond acceptors (Lipinski definition) is 6. The van der Waals surface area contributed by atoms with Crippen molar-refractivity contribution in [2.24, 2.45) is 0 Å². The normalized spacial score (nSPS) is 12.5. The Labute approximate surface area is 118 Å². The van der Waals surface area contributed by atoms with E-state index in [2.05, 4.69) is 4.84 Å². The number of carbonyl (C=O) groups excluding carboxylic acids is 2. The van der Waals surface area contributed by atoms with Crippen molar-refractivity contribution in [3.63, 3.8) is 0 Å². The molecule has 0 saturated heterocycles. The molecule has 0 aliphatic carbocycles. The summed E-state index contributed by atoms with van der Waals surface area (Å²) in [5.74, 6) is -4.75. The number of carboxylic acid groups (broad SMARTS) is 2. The first-order chi connectivity index (χ1) is 7.31. The fourth-order valence-corrected chi connectivity index (χ4v) is 0.829. The van der Waals surface area contributed by atoms with E-state index < -0.39 is 36.4 Å². The first-order valence-electron chi connectivity index (χ1n) is 3.88. The zero-order valence-electron chi connectivity index (χ0n) is 9.87. The van der Waals surface area contributed by atoms with Crippen LogP contribution in [0.4, 0.5) is 0 Å². The van der Waals surface area contributed by atoms with E-state index in [0.29, 0.717) is 0 Å². The maximum atomic E-state index is 10.8. The number of hydroxylamine groups is 1. The summed E-state index contributed by atoms with van der Waals surface area (Å²) in [6.45, 7) is 0. The van der Waals surface area contributed by atoms with Crippen LogP contribution >= 0.6 is 0 Å². The Morgan fingerprint density at radius 2 is 1.82 bits per heavy atom. The molecule has 0 bridgehead atoms. The molecule has 0 aliphatic rings. The molecule has 1 amide bonds. The first-order valence-corrected chi connectivity index (χ1v) is 3.88. The van der Waals surface area contributed by atoms with Crippen LogP contribution in [0.25, 0.3) is 0 Å². The van der Waals surface area contributed by atoms with E-state index in [0.717, 1.165) is 0 Å². The van der Waals surface area contributed by atoms with Gasteiger partial charge < -0.3 is 21.6 Å². The van der Waals surface area contributed by atoms with Crippen molar-refractivity contribution in [3.05, 3.63) is 0 Å². The van der Waals surface area contributed by atoms with Crippen LogP contribution in [0.1, 0.15) is 14.3 Å². The third-order valence-electron chi connectivity index (χ3n) is 1.50. The number of carbonyl (C=O) groups is 4. The number of aliphatic hydroxyl groups is 1. The summed E-state index contributed by atoms with van der Waals surface area (Å²) in [4.78, 5) is 45.3. The molecule has 0 saturated carbocycles. The van der Waals surface area contributed by atoms with Gasteiger partial charge in [0.2, 0.25) is 6.41 Å². The second kappa shape index (κ2) is 8.01. The molecule has 1 atom stereocenters. The summed E-state index contributed by atoms with van der Waals surface area (Å²) in [6, 6.07) is 0. The van der Waals surface area contributed by atoms with Crippen LogP contribution in [0, 0.1) is 0 Å². The minimum absolute atomic E-state index is 0. The maximum Gasteiger partial charge on any atom is 1.00 e. The molecule has 17 heavy (non-hydrogen) atoms. The van der Waals surface area contributed by atoms with Gasteiger partial charge in [-0.3, -0.25) is 9.59 Å². The van der Waals surface area contributed by atoms with Crippen LogP contribution in [0.2, 0.25) is 0 Å². The predicted octanol–water partition coefficient (Wildman–Crippen LogP) is -5.01. The maximum absolute atomic E-state index is 10.8. The molecule has 0 aromatic heterocycles. The quantitative estimate of drug-likeness (QED) is 0.201. The van der Waals surface area contributed by atoms with Crippen LogP contribution < -0.4 is 35.0 Å². The topological polar surface area (TPSA) is 150 Å². The average Bonchev–Trinajstić information content (AvgIpc) is 2.12. The molecule has 4 N–H and O–H groups in total. The van der Waals surface area contributed by atoms with Crippen molar-refractivity contribution in [1.29, 1.82) is 0 Å². The molecule has 0 aromatic rings. The fraction of sp³-hybridized carbons (Fsp3) is 0.429. The number of nitrogens with one attached hydrogen (secondary N) is 1. The first kappa shape index (κ1) is 18.2. The van der Waals surface area contributed by atoms with Gasteiger partial charge in [0, 0.05) is 0 Å². The fourth-order valence-electron chi connectivity index (χ4n) is 0.829. The van der Waals surface area contributed by atoms with Gasteiger partial charge >= 0.3 is 47.5 Å².